The number of aryl methyl sites for hydroxylation is 1. The second kappa shape index (κ2) is 8.67. The Kier molecular flexibility index (Phi) is 6.30. The molecule has 2 fully saturated rings. The van der Waals surface area contributed by atoms with E-state index in [9.17, 15) is 9.59 Å². The number of hydrogen-bond acceptors (Lipinski definition) is 3. The first kappa shape index (κ1) is 18.9. The lowest BCUT2D eigenvalue weighted by Gasteiger charge is -2.38. The number of carbonyl (C=O) groups is 2. The number of rotatable bonds is 5. The van der Waals surface area contributed by atoms with Crippen LogP contribution < -0.4 is 0 Å². The average Bonchev–Trinajstić information content (AvgIpc) is 2.67. The average molecular weight is 359 g/mol. The Morgan fingerprint density at radius 2 is 1.96 bits per heavy atom. The molecule has 0 spiro atoms. The summed E-state index contributed by atoms with van der Waals surface area (Å²) in [6.45, 7) is 4.21. The molecule has 3 rings (SSSR count). The standard InChI is InChI=1S/C21H29NO4/c1-15-6-9-17(10-7-15)20-18(5-3-13-26-20)21(25)22-12-2-4-16(14-22)8-11-19(23)24/h6-7,9-10,16,18,20H,2-5,8,11-14H2,1H3,(H,23,24). The van der Waals surface area contributed by atoms with Crippen molar-refractivity contribution in [2.75, 3.05) is 19.7 Å². The fourth-order valence-electron chi connectivity index (χ4n) is 4.18. The molecule has 26 heavy (non-hydrogen) atoms. The summed E-state index contributed by atoms with van der Waals surface area (Å²) in [4.78, 5) is 26.0. The van der Waals surface area contributed by atoms with Gasteiger partial charge in [-0.25, -0.2) is 0 Å². The van der Waals surface area contributed by atoms with E-state index in [4.69, 9.17) is 9.84 Å². The smallest absolute Gasteiger partial charge is 0.303 e. The van der Waals surface area contributed by atoms with Crippen molar-refractivity contribution in [3.05, 3.63) is 35.4 Å². The third-order valence-corrected chi connectivity index (χ3v) is 5.64. The van der Waals surface area contributed by atoms with Gasteiger partial charge >= 0.3 is 5.97 Å². The summed E-state index contributed by atoms with van der Waals surface area (Å²) in [5, 5.41) is 8.91. The molecule has 1 aromatic rings. The second-order valence-electron chi connectivity index (χ2n) is 7.68. The Balaban J connectivity index is 1.67. The highest BCUT2D eigenvalue weighted by Gasteiger charge is 2.37. The number of aliphatic carboxylic acids is 1. The van der Waals surface area contributed by atoms with Gasteiger partial charge in [0.25, 0.3) is 0 Å². The summed E-state index contributed by atoms with van der Waals surface area (Å²) in [6.07, 6.45) is 4.41. The van der Waals surface area contributed by atoms with Crippen molar-refractivity contribution < 1.29 is 19.4 Å². The molecular weight excluding hydrogens is 330 g/mol. The van der Waals surface area contributed by atoms with Crippen molar-refractivity contribution in [1.29, 1.82) is 0 Å². The van der Waals surface area contributed by atoms with Gasteiger partial charge in [0.1, 0.15) is 0 Å². The molecule has 5 nitrogen and oxygen atoms in total. The van der Waals surface area contributed by atoms with Crippen LogP contribution in [0.2, 0.25) is 0 Å². The van der Waals surface area contributed by atoms with Crippen LogP contribution in [0.4, 0.5) is 0 Å². The Morgan fingerprint density at radius 3 is 2.69 bits per heavy atom. The van der Waals surface area contributed by atoms with E-state index in [0.29, 0.717) is 25.5 Å². The molecular formula is C21H29NO4. The molecule has 2 heterocycles. The summed E-state index contributed by atoms with van der Waals surface area (Å²) in [5.41, 5.74) is 2.28. The van der Waals surface area contributed by atoms with E-state index in [1.165, 1.54) is 5.56 Å². The minimum atomic E-state index is -0.756. The zero-order valence-electron chi connectivity index (χ0n) is 15.5. The summed E-state index contributed by atoms with van der Waals surface area (Å²) in [6, 6.07) is 8.27. The van der Waals surface area contributed by atoms with Gasteiger partial charge in [-0.05, 0) is 50.5 Å². The molecule has 3 unspecified atom stereocenters. The minimum Gasteiger partial charge on any atom is -0.481 e. The van der Waals surface area contributed by atoms with Crippen LogP contribution in [0.15, 0.2) is 24.3 Å². The molecule has 1 N–H and O–H groups in total. The van der Waals surface area contributed by atoms with Gasteiger partial charge in [0, 0.05) is 26.1 Å². The van der Waals surface area contributed by atoms with Gasteiger partial charge in [-0.1, -0.05) is 29.8 Å². The first-order valence-corrected chi connectivity index (χ1v) is 9.73. The van der Waals surface area contributed by atoms with Crippen molar-refractivity contribution in [2.24, 2.45) is 11.8 Å². The Labute approximate surface area is 155 Å². The molecule has 3 atom stereocenters. The van der Waals surface area contributed by atoms with E-state index in [1.54, 1.807) is 0 Å². The van der Waals surface area contributed by atoms with Crippen LogP contribution in [-0.2, 0) is 14.3 Å². The van der Waals surface area contributed by atoms with Gasteiger partial charge in [0.2, 0.25) is 5.91 Å². The third-order valence-electron chi connectivity index (χ3n) is 5.64. The molecule has 0 radical (unpaired) electrons. The summed E-state index contributed by atoms with van der Waals surface area (Å²) in [7, 11) is 0. The molecule has 142 valence electrons. The number of likely N-dealkylation sites (tertiary alicyclic amines) is 1. The fourth-order valence-corrected chi connectivity index (χ4v) is 4.18. The SMILES string of the molecule is Cc1ccc(C2OCCCC2C(=O)N2CCCC(CCC(=O)O)C2)cc1. The molecule has 0 aromatic heterocycles. The normalized spacial score (nSPS) is 26.5. The highest BCUT2D eigenvalue weighted by Crippen LogP contribution is 2.36. The van der Waals surface area contributed by atoms with Crippen molar-refractivity contribution >= 4 is 11.9 Å². The maximum atomic E-state index is 13.2. The number of ether oxygens (including phenoxy) is 1. The van der Waals surface area contributed by atoms with Crippen LogP contribution in [0.3, 0.4) is 0 Å². The van der Waals surface area contributed by atoms with Gasteiger partial charge in [-0.3, -0.25) is 9.59 Å². The predicted molar refractivity (Wildman–Crippen MR) is 98.8 cm³/mol. The highest BCUT2D eigenvalue weighted by atomic mass is 16.5. The van der Waals surface area contributed by atoms with Gasteiger partial charge in [0.05, 0.1) is 12.0 Å². The Hall–Kier alpha value is -1.88. The summed E-state index contributed by atoms with van der Waals surface area (Å²) >= 11 is 0. The maximum Gasteiger partial charge on any atom is 0.303 e. The molecule has 0 saturated carbocycles. The highest BCUT2D eigenvalue weighted by molar-refractivity contribution is 5.80. The number of carboxylic acid groups (broad SMARTS) is 1. The Bertz CT molecular complexity index is 627. The monoisotopic (exact) mass is 359 g/mol. The minimum absolute atomic E-state index is 0.135. The van der Waals surface area contributed by atoms with Gasteiger partial charge in [-0.15, -0.1) is 0 Å². The topological polar surface area (TPSA) is 66.8 Å². The van der Waals surface area contributed by atoms with Gasteiger partial charge in [-0.2, -0.15) is 0 Å². The first-order valence-electron chi connectivity index (χ1n) is 9.73. The van der Waals surface area contributed by atoms with Crippen molar-refractivity contribution in [1.82, 2.24) is 4.90 Å². The van der Waals surface area contributed by atoms with E-state index < -0.39 is 5.97 Å². The number of nitrogens with zero attached hydrogens (tertiary/aromatic N) is 1. The van der Waals surface area contributed by atoms with E-state index in [2.05, 4.69) is 31.2 Å². The lowest BCUT2D eigenvalue weighted by atomic mass is 9.86. The number of amides is 1. The molecule has 0 aliphatic carbocycles. The number of piperidine rings is 1. The van der Waals surface area contributed by atoms with Gasteiger partial charge < -0.3 is 14.7 Å². The van der Waals surface area contributed by atoms with Crippen molar-refractivity contribution in [3.8, 4) is 0 Å². The molecule has 1 amide bonds. The lowest BCUT2D eigenvalue weighted by molar-refractivity contribution is -0.147. The van der Waals surface area contributed by atoms with Crippen LogP contribution >= 0.6 is 0 Å². The summed E-state index contributed by atoms with van der Waals surface area (Å²) in [5.74, 6) is -0.417. The number of benzene rings is 1. The third kappa shape index (κ3) is 4.64. The fraction of sp³-hybridized carbons (Fsp3) is 0.619. The maximum absolute atomic E-state index is 13.2. The van der Waals surface area contributed by atoms with Crippen LogP contribution in [0.25, 0.3) is 0 Å². The van der Waals surface area contributed by atoms with E-state index in [0.717, 1.165) is 37.8 Å². The van der Waals surface area contributed by atoms with Gasteiger partial charge in [0.15, 0.2) is 0 Å². The first-order chi connectivity index (χ1) is 12.5. The molecule has 1 aromatic carbocycles. The van der Waals surface area contributed by atoms with E-state index >= 15 is 0 Å². The number of carboxylic acids is 1. The van der Waals surface area contributed by atoms with Crippen LogP contribution in [0.1, 0.15) is 55.8 Å². The quantitative estimate of drug-likeness (QED) is 0.873. The molecule has 5 heteroatoms. The second-order valence-corrected chi connectivity index (χ2v) is 7.68. The zero-order valence-corrected chi connectivity index (χ0v) is 15.5. The van der Waals surface area contributed by atoms with Crippen LogP contribution in [-0.4, -0.2) is 41.6 Å². The number of hydrogen-bond donors (Lipinski definition) is 1. The molecule has 2 aliphatic rings. The van der Waals surface area contributed by atoms with E-state index in [1.807, 2.05) is 4.90 Å². The largest absolute Gasteiger partial charge is 0.481 e. The zero-order chi connectivity index (χ0) is 18.5. The van der Waals surface area contributed by atoms with Crippen molar-refractivity contribution in [2.45, 2.75) is 51.6 Å². The van der Waals surface area contributed by atoms with Crippen LogP contribution in [0.5, 0.6) is 0 Å². The van der Waals surface area contributed by atoms with Crippen molar-refractivity contribution in [3.63, 3.8) is 0 Å². The lowest BCUT2D eigenvalue weighted by Crippen LogP contribution is -2.45. The molecule has 0 bridgehead atoms. The van der Waals surface area contributed by atoms with Crippen LogP contribution in [0, 0.1) is 18.8 Å². The van der Waals surface area contributed by atoms with E-state index in [-0.39, 0.29) is 24.3 Å². The Morgan fingerprint density at radius 1 is 1.19 bits per heavy atom. The molecule has 2 aliphatic heterocycles. The predicted octanol–water partition coefficient (Wildman–Crippen LogP) is 3.57. The summed E-state index contributed by atoms with van der Waals surface area (Å²) < 4.78 is 6.01. The molecule has 2 saturated heterocycles. The number of carbonyl (C=O) groups excluding carboxylic acids is 1.